The lowest BCUT2D eigenvalue weighted by Gasteiger charge is -2.07. The maximum atomic E-state index is 12.3. The first-order valence-corrected chi connectivity index (χ1v) is 7.29. The highest BCUT2D eigenvalue weighted by molar-refractivity contribution is 9.10. The van der Waals surface area contributed by atoms with Crippen LogP contribution >= 0.6 is 27.5 Å². The van der Waals surface area contributed by atoms with Crippen molar-refractivity contribution in [2.24, 2.45) is 0 Å². The van der Waals surface area contributed by atoms with Gasteiger partial charge in [0.1, 0.15) is 15.5 Å². The number of fused-ring (bicyclic) bond motifs is 1. The van der Waals surface area contributed by atoms with Crippen LogP contribution in [0, 0.1) is 0 Å². The zero-order valence-corrected chi connectivity index (χ0v) is 13.0. The molecule has 3 rings (SSSR count). The van der Waals surface area contributed by atoms with Gasteiger partial charge in [0.25, 0.3) is 5.91 Å². The maximum absolute atomic E-state index is 12.3. The first-order valence-electron chi connectivity index (χ1n) is 6.12. The Kier molecular flexibility index (Phi) is 3.86. The Labute approximate surface area is 134 Å². The second-order valence-electron chi connectivity index (χ2n) is 4.32. The highest BCUT2D eigenvalue weighted by atomic mass is 79.9. The number of aromatic nitrogens is 2. The fraction of sp³-hybridized carbons (Fsp3) is 0. The number of benzene rings is 1. The van der Waals surface area contributed by atoms with Crippen LogP contribution in [-0.4, -0.2) is 15.9 Å². The van der Waals surface area contributed by atoms with Gasteiger partial charge >= 0.3 is 0 Å². The molecule has 0 radical (unpaired) electrons. The average molecular weight is 363 g/mol. The van der Waals surface area contributed by atoms with Crippen molar-refractivity contribution in [3.63, 3.8) is 0 Å². The minimum Gasteiger partial charge on any atom is -0.318 e. The Balaban J connectivity index is 1.97. The molecular formula is C15H9BrClN3O. The van der Waals surface area contributed by atoms with Gasteiger partial charge in [-0.05, 0) is 39.5 Å². The zero-order chi connectivity index (χ0) is 14.8. The van der Waals surface area contributed by atoms with Crippen LogP contribution in [0.15, 0.2) is 53.3 Å². The van der Waals surface area contributed by atoms with E-state index in [9.17, 15) is 4.79 Å². The number of hydrogen-bond acceptors (Lipinski definition) is 3. The lowest BCUT2D eigenvalue weighted by Crippen LogP contribution is -2.14. The SMILES string of the molecule is O=C(Nc1cccnc1Br)c1cc2ccccc2c(Cl)n1. The van der Waals surface area contributed by atoms with Gasteiger partial charge in [0.05, 0.1) is 5.69 Å². The summed E-state index contributed by atoms with van der Waals surface area (Å²) < 4.78 is 0.560. The Bertz CT molecular complexity index is 838. The van der Waals surface area contributed by atoms with Crippen LogP contribution in [0.4, 0.5) is 5.69 Å². The van der Waals surface area contributed by atoms with E-state index < -0.39 is 0 Å². The molecule has 0 fully saturated rings. The number of pyridine rings is 2. The molecule has 1 amide bonds. The molecule has 21 heavy (non-hydrogen) atoms. The van der Waals surface area contributed by atoms with E-state index in [0.717, 1.165) is 10.8 Å². The van der Waals surface area contributed by atoms with Gasteiger partial charge in [-0.15, -0.1) is 0 Å². The first kappa shape index (κ1) is 14.0. The summed E-state index contributed by atoms with van der Waals surface area (Å²) in [7, 11) is 0. The molecule has 0 aliphatic heterocycles. The molecular weight excluding hydrogens is 354 g/mol. The van der Waals surface area contributed by atoms with Gasteiger partial charge in [-0.2, -0.15) is 0 Å². The van der Waals surface area contributed by atoms with E-state index in [0.29, 0.717) is 15.4 Å². The topological polar surface area (TPSA) is 54.9 Å². The molecule has 0 saturated heterocycles. The molecule has 2 heterocycles. The summed E-state index contributed by atoms with van der Waals surface area (Å²) in [5.74, 6) is -0.337. The van der Waals surface area contributed by atoms with E-state index in [2.05, 4.69) is 31.2 Å². The van der Waals surface area contributed by atoms with Crippen molar-refractivity contribution in [1.29, 1.82) is 0 Å². The Hall–Kier alpha value is -1.98. The number of carbonyl (C=O) groups is 1. The molecule has 1 N–H and O–H groups in total. The summed E-state index contributed by atoms with van der Waals surface area (Å²) >= 11 is 9.41. The van der Waals surface area contributed by atoms with Gasteiger partial charge in [0.15, 0.2) is 0 Å². The number of halogens is 2. The molecule has 0 saturated carbocycles. The molecule has 0 bridgehead atoms. The molecule has 6 heteroatoms. The molecule has 0 unspecified atom stereocenters. The van der Waals surface area contributed by atoms with Crippen molar-refractivity contribution < 1.29 is 4.79 Å². The van der Waals surface area contributed by atoms with E-state index in [4.69, 9.17) is 11.6 Å². The summed E-state index contributed by atoms with van der Waals surface area (Å²) in [5, 5.41) is 4.74. The lowest BCUT2D eigenvalue weighted by atomic mass is 10.1. The third kappa shape index (κ3) is 2.89. The van der Waals surface area contributed by atoms with Crippen molar-refractivity contribution in [3.05, 3.63) is 64.1 Å². The number of amides is 1. The summed E-state index contributed by atoms with van der Waals surface area (Å²) in [4.78, 5) is 20.5. The van der Waals surface area contributed by atoms with Crippen LogP contribution in [-0.2, 0) is 0 Å². The van der Waals surface area contributed by atoms with Gasteiger partial charge in [-0.3, -0.25) is 4.79 Å². The predicted molar refractivity (Wildman–Crippen MR) is 86.6 cm³/mol. The van der Waals surface area contributed by atoms with Crippen LogP contribution in [0.5, 0.6) is 0 Å². The van der Waals surface area contributed by atoms with Crippen molar-refractivity contribution >= 4 is 49.9 Å². The summed E-state index contributed by atoms with van der Waals surface area (Å²) in [6.07, 6.45) is 1.63. The van der Waals surface area contributed by atoms with Gasteiger partial charge in [0.2, 0.25) is 0 Å². The summed E-state index contributed by atoms with van der Waals surface area (Å²) in [5.41, 5.74) is 0.836. The van der Waals surface area contributed by atoms with Crippen molar-refractivity contribution in [1.82, 2.24) is 9.97 Å². The molecule has 4 nitrogen and oxygen atoms in total. The normalized spacial score (nSPS) is 10.6. The maximum Gasteiger partial charge on any atom is 0.274 e. The second kappa shape index (κ2) is 5.79. The standard InChI is InChI=1S/C15H9BrClN3O/c16-13-11(6-3-7-18-13)20-15(21)12-8-9-4-1-2-5-10(9)14(17)19-12/h1-8H,(H,20,21). The summed E-state index contributed by atoms with van der Waals surface area (Å²) in [6.45, 7) is 0. The molecule has 0 atom stereocenters. The number of rotatable bonds is 2. The molecule has 2 aromatic heterocycles. The van der Waals surface area contributed by atoms with E-state index in [1.165, 1.54) is 0 Å². The largest absolute Gasteiger partial charge is 0.318 e. The third-order valence-corrected chi connectivity index (χ3v) is 3.85. The number of nitrogens with one attached hydrogen (secondary N) is 1. The zero-order valence-electron chi connectivity index (χ0n) is 10.7. The quantitative estimate of drug-likeness (QED) is 0.692. The minimum atomic E-state index is -0.337. The van der Waals surface area contributed by atoms with Gasteiger partial charge in [-0.1, -0.05) is 35.9 Å². The monoisotopic (exact) mass is 361 g/mol. The molecule has 3 aromatic rings. The van der Waals surface area contributed by atoms with Gasteiger partial charge in [-0.25, -0.2) is 9.97 Å². The smallest absolute Gasteiger partial charge is 0.274 e. The van der Waals surface area contributed by atoms with E-state index >= 15 is 0 Å². The third-order valence-electron chi connectivity index (χ3n) is 2.93. The van der Waals surface area contributed by atoms with Gasteiger partial charge in [0, 0.05) is 11.6 Å². The van der Waals surface area contributed by atoms with Gasteiger partial charge < -0.3 is 5.32 Å². The Morgan fingerprint density at radius 3 is 2.81 bits per heavy atom. The Morgan fingerprint density at radius 1 is 1.19 bits per heavy atom. The fourth-order valence-corrected chi connectivity index (χ4v) is 2.55. The highest BCUT2D eigenvalue weighted by Gasteiger charge is 2.12. The minimum absolute atomic E-state index is 0.259. The van der Waals surface area contributed by atoms with E-state index in [1.807, 2.05) is 24.3 Å². The van der Waals surface area contributed by atoms with Crippen molar-refractivity contribution in [2.75, 3.05) is 5.32 Å². The molecule has 0 aliphatic rings. The Morgan fingerprint density at radius 2 is 2.00 bits per heavy atom. The molecule has 0 spiro atoms. The average Bonchev–Trinajstić information content (AvgIpc) is 2.49. The number of anilines is 1. The number of hydrogen-bond donors (Lipinski definition) is 1. The predicted octanol–water partition coefficient (Wildman–Crippen LogP) is 4.30. The number of nitrogens with zero attached hydrogens (tertiary/aromatic N) is 2. The van der Waals surface area contributed by atoms with Crippen molar-refractivity contribution in [2.45, 2.75) is 0 Å². The fourth-order valence-electron chi connectivity index (χ4n) is 1.94. The second-order valence-corrected chi connectivity index (χ2v) is 5.42. The molecule has 0 aliphatic carbocycles. The molecule has 104 valence electrons. The lowest BCUT2D eigenvalue weighted by molar-refractivity contribution is 0.102. The summed E-state index contributed by atoms with van der Waals surface area (Å²) in [6, 6.07) is 12.7. The van der Waals surface area contributed by atoms with E-state index in [1.54, 1.807) is 24.4 Å². The van der Waals surface area contributed by atoms with Crippen LogP contribution in [0.25, 0.3) is 10.8 Å². The number of carbonyl (C=O) groups excluding carboxylic acids is 1. The van der Waals surface area contributed by atoms with E-state index in [-0.39, 0.29) is 11.6 Å². The highest BCUT2D eigenvalue weighted by Crippen LogP contribution is 2.23. The van der Waals surface area contributed by atoms with Crippen LogP contribution in [0.3, 0.4) is 0 Å². The first-order chi connectivity index (χ1) is 10.1. The van der Waals surface area contributed by atoms with Crippen LogP contribution in [0.1, 0.15) is 10.5 Å². The van der Waals surface area contributed by atoms with Crippen LogP contribution in [0.2, 0.25) is 5.15 Å². The van der Waals surface area contributed by atoms with Crippen molar-refractivity contribution in [3.8, 4) is 0 Å². The molecule has 1 aromatic carbocycles. The van der Waals surface area contributed by atoms with Crippen LogP contribution < -0.4 is 5.32 Å².